The van der Waals surface area contributed by atoms with Gasteiger partial charge in [0.1, 0.15) is 5.75 Å². The van der Waals surface area contributed by atoms with Gasteiger partial charge < -0.3 is 10.1 Å². The van der Waals surface area contributed by atoms with Crippen molar-refractivity contribution in [3.05, 3.63) is 59.7 Å². The topological polar surface area (TPSA) is 38.3 Å². The largest absolute Gasteiger partial charge is 0.494 e. The van der Waals surface area contributed by atoms with Crippen molar-refractivity contribution in [2.45, 2.75) is 19.8 Å². The lowest BCUT2D eigenvalue weighted by Crippen LogP contribution is -2.03. The van der Waals surface area contributed by atoms with Crippen LogP contribution in [0.3, 0.4) is 0 Å². The van der Waals surface area contributed by atoms with Gasteiger partial charge in [-0.25, -0.2) is 0 Å². The highest BCUT2D eigenvalue weighted by Crippen LogP contribution is 2.32. The Labute approximate surface area is 130 Å². The predicted octanol–water partition coefficient (Wildman–Crippen LogP) is 4.36. The maximum Gasteiger partial charge on any atom is 0.256 e. The van der Waals surface area contributed by atoms with Crippen molar-refractivity contribution >= 4 is 23.2 Å². The van der Waals surface area contributed by atoms with Crippen molar-refractivity contribution in [2.75, 3.05) is 11.9 Å². The van der Waals surface area contributed by atoms with Crippen LogP contribution in [0.15, 0.2) is 48.5 Å². The summed E-state index contributed by atoms with van der Waals surface area (Å²) in [7, 11) is 0. The fourth-order valence-electron chi connectivity index (χ4n) is 2.44. The van der Waals surface area contributed by atoms with Gasteiger partial charge in [0.2, 0.25) is 0 Å². The molecule has 0 atom stereocenters. The van der Waals surface area contributed by atoms with Crippen LogP contribution < -0.4 is 10.1 Å². The second-order valence-corrected chi connectivity index (χ2v) is 5.33. The van der Waals surface area contributed by atoms with Crippen LogP contribution in [-0.4, -0.2) is 12.5 Å². The number of benzene rings is 2. The molecule has 2 aromatic rings. The number of rotatable bonds is 5. The third kappa shape index (κ3) is 3.03. The first-order valence-electron chi connectivity index (χ1n) is 7.63. The zero-order valence-corrected chi connectivity index (χ0v) is 12.6. The number of nitrogens with one attached hydrogen (secondary N) is 1. The van der Waals surface area contributed by atoms with E-state index in [-0.39, 0.29) is 5.91 Å². The highest BCUT2D eigenvalue weighted by molar-refractivity contribution is 6.34. The summed E-state index contributed by atoms with van der Waals surface area (Å²) >= 11 is 0. The van der Waals surface area contributed by atoms with Crippen molar-refractivity contribution in [3.8, 4) is 5.75 Å². The lowest BCUT2D eigenvalue weighted by Gasteiger charge is -2.05. The van der Waals surface area contributed by atoms with Gasteiger partial charge in [0, 0.05) is 16.8 Å². The maximum absolute atomic E-state index is 12.1. The predicted molar refractivity (Wildman–Crippen MR) is 89.8 cm³/mol. The summed E-state index contributed by atoms with van der Waals surface area (Å²) < 4.78 is 5.65. The van der Waals surface area contributed by atoms with E-state index >= 15 is 0 Å². The number of carbonyl (C=O) groups excluding carboxylic acids is 1. The van der Waals surface area contributed by atoms with Gasteiger partial charge in [-0.15, -0.1) is 0 Å². The molecule has 1 N–H and O–H groups in total. The summed E-state index contributed by atoms with van der Waals surface area (Å²) in [5, 5.41) is 2.88. The van der Waals surface area contributed by atoms with E-state index < -0.39 is 0 Å². The molecule has 112 valence electrons. The first-order valence-corrected chi connectivity index (χ1v) is 7.63. The van der Waals surface area contributed by atoms with E-state index in [2.05, 4.69) is 12.2 Å². The smallest absolute Gasteiger partial charge is 0.256 e. The Morgan fingerprint density at radius 2 is 1.86 bits per heavy atom. The summed E-state index contributed by atoms with van der Waals surface area (Å²) in [6.07, 6.45) is 4.10. The molecule has 3 heteroatoms. The summed E-state index contributed by atoms with van der Waals surface area (Å²) in [5.74, 6) is 0.816. The highest BCUT2D eigenvalue weighted by atomic mass is 16.5. The van der Waals surface area contributed by atoms with Crippen LogP contribution in [0.4, 0.5) is 5.69 Å². The van der Waals surface area contributed by atoms with Crippen LogP contribution in [0.25, 0.3) is 11.6 Å². The number of unbranched alkanes of at least 4 members (excludes halogenated alkanes) is 1. The molecule has 0 radical (unpaired) electrons. The molecule has 1 aliphatic rings. The van der Waals surface area contributed by atoms with E-state index in [0.717, 1.165) is 42.0 Å². The lowest BCUT2D eigenvalue weighted by molar-refractivity contribution is -0.110. The Balaban J connectivity index is 1.79. The van der Waals surface area contributed by atoms with Crippen LogP contribution in [0, 0.1) is 0 Å². The molecule has 0 aromatic heterocycles. The summed E-state index contributed by atoms with van der Waals surface area (Å²) in [5.41, 5.74) is 3.52. The molecular formula is C19H19NO2. The number of ether oxygens (including phenoxy) is 1. The minimum absolute atomic E-state index is 0.0514. The Hall–Kier alpha value is -2.55. The molecule has 0 saturated carbocycles. The number of anilines is 1. The summed E-state index contributed by atoms with van der Waals surface area (Å²) in [6.45, 7) is 2.88. The average Bonchev–Trinajstić information content (AvgIpc) is 2.85. The molecule has 22 heavy (non-hydrogen) atoms. The van der Waals surface area contributed by atoms with Crippen molar-refractivity contribution in [1.29, 1.82) is 0 Å². The zero-order valence-electron chi connectivity index (χ0n) is 12.6. The van der Waals surface area contributed by atoms with Crippen molar-refractivity contribution in [2.24, 2.45) is 0 Å². The standard InChI is InChI=1S/C19H19NO2/c1-2-3-12-22-15-10-8-14(9-11-15)13-17-16-6-4-5-7-18(16)20-19(17)21/h4-11,13H,2-3,12H2,1H3,(H,20,21). The minimum Gasteiger partial charge on any atom is -0.494 e. The number of amides is 1. The first kappa shape index (κ1) is 14.4. The molecule has 3 nitrogen and oxygen atoms in total. The van der Waals surface area contributed by atoms with E-state index in [4.69, 9.17) is 4.74 Å². The SMILES string of the molecule is CCCCOc1ccc(C=C2C(=O)Nc3ccccc32)cc1. The van der Waals surface area contributed by atoms with Gasteiger partial charge >= 0.3 is 0 Å². The van der Waals surface area contributed by atoms with Gasteiger partial charge in [-0.3, -0.25) is 4.79 Å². The first-order chi connectivity index (χ1) is 10.8. The van der Waals surface area contributed by atoms with E-state index in [9.17, 15) is 4.79 Å². The van der Waals surface area contributed by atoms with E-state index in [1.54, 1.807) is 0 Å². The maximum atomic E-state index is 12.1. The Morgan fingerprint density at radius 3 is 2.64 bits per heavy atom. The van der Waals surface area contributed by atoms with Gasteiger partial charge in [-0.2, -0.15) is 0 Å². The quantitative estimate of drug-likeness (QED) is 0.657. The fourth-order valence-corrected chi connectivity index (χ4v) is 2.44. The molecule has 2 aromatic carbocycles. The molecule has 3 rings (SSSR count). The second kappa shape index (κ2) is 6.48. The molecule has 0 bridgehead atoms. The van der Waals surface area contributed by atoms with E-state index in [1.807, 2.05) is 54.6 Å². The molecule has 0 fully saturated rings. The van der Waals surface area contributed by atoms with Gasteiger partial charge in [0.25, 0.3) is 5.91 Å². The number of fused-ring (bicyclic) bond motifs is 1. The number of carbonyl (C=O) groups is 1. The summed E-state index contributed by atoms with van der Waals surface area (Å²) in [6, 6.07) is 15.6. The monoisotopic (exact) mass is 293 g/mol. The second-order valence-electron chi connectivity index (χ2n) is 5.33. The zero-order chi connectivity index (χ0) is 15.4. The Bertz CT molecular complexity index is 702. The molecule has 1 amide bonds. The van der Waals surface area contributed by atoms with Gasteiger partial charge in [-0.1, -0.05) is 43.7 Å². The van der Waals surface area contributed by atoms with Crippen LogP contribution in [0.1, 0.15) is 30.9 Å². The van der Waals surface area contributed by atoms with E-state index in [1.165, 1.54) is 0 Å². The Kier molecular flexibility index (Phi) is 4.24. The molecule has 1 aliphatic heterocycles. The number of hydrogen-bond donors (Lipinski definition) is 1. The van der Waals surface area contributed by atoms with Crippen molar-refractivity contribution < 1.29 is 9.53 Å². The summed E-state index contributed by atoms with van der Waals surface area (Å²) in [4.78, 5) is 12.1. The molecule has 0 spiro atoms. The number of hydrogen-bond acceptors (Lipinski definition) is 2. The Morgan fingerprint density at radius 1 is 1.09 bits per heavy atom. The number of para-hydroxylation sites is 1. The van der Waals surface area contributed by atoms with Crippen molar-refractivity contribution in [3.63, 3.8) is 0 Å². The van der Waals surface area contributed by atoms with Crippen LogP contribution >= 0.6 is 0 Å². The van der Waals surface area contributed by atoms with E-state index in [0.29, 0.717) is 5.57 Å². The normalized spacial score (nSPS) is 14.8. The third-order valence-corrected chi connectivity index (χ3v) is 3.67. The molecule has 1 heterocycles. The van der Waals surface area contributed by atoms with Crippen LogP contribution in [-0.2, 0) is 4.79 Å². The molecular weight excluding hydrogens is 274 g/mol. The lowest BCUT2D eigenvalue weighted by atomic mass is 10.0. The van der Waals surface area contributed by atoms with Crippen molar-refractivity contribution in [1.82, 2.24) is 0 Å². The highest BCUT2D eigenvalue weighted by Gasteiger charge is 2.23. The minimum atomic E-state index is -0.0514. The van der Waals surface area contributed by atoms with Gasteiger partial charge in [0.05, 0.1) is 6.61 Å². The average molecular weight is 293 g/mol. The van der Waals surface area contributed by atoms with Gasteiger partial charge in [0.15, 0.2) is 0 Å². The third-order valence-electron chi connectivity index (χ3n) is 3.67. The molecule has 0 unspecified atom stereocenters. The van der Waals surface area contributed by atoms with Crippen LogP contribution in [0.5, 0.6) is 5.75 Å². The molecule has 0 saturated heterocycles. The van der Waals surface area contributed by atoms with Crippen LogP contribution in [0.2, 0.25) is 0 Å². The van der Waals surface area contributed by atoms with Gasteiger partial charge in [-0.05, 0) is 36.3 Å². The molecule has 0 aliphatic carbocycles. The fraction of sp³-hybridized carbons (Fsp3) is 0.211.